The summed E-state index contributed by atoms with van der Waals surface area (Å²) in [4.78, 5) is 16.1. The Morgan fingerprint density at radius 1 is 1.50 bits per heavy atom. The minimum absolute atomic E-state index is 0.0177. The zero-order valence-corrected chi connectivity index (χ0v) is 11.3. The average Bonchev–Trinajstić information content (AvgIpc) is 2.61. The van der Waals surface area contributed by atoms with Crippen LogP contribution in [-0.4, -0.2) is 23.5 Å². The van der Waals surface area contributed by atoms with Gasteiger partial charge in [-0.25, -0.2) is 4.98 Å². The maximum Gasteiger partial charge on any atom is 0.241 e. The number of anilines is 1. The van der Waals surface area contributed by atoms with Crippen LogP contribution in [0.4, 0.5) is 5.69 Å². The highest BCUT2D eigenvalue weighted by Crippen LogP contribution is 2.18. The van der Waals surface area contributed by atoms with Crippen molar-refractivity contribution >= 4 is 23.2 Å². The molecule has 1 aromatic rings. The number of pyridine rings is 1. The minimum atomic E-state index is -0.0948. The number of aryl methyl sites for hydroxylation is 1. The lowest BCUT2D eigenvalue weighted by Crippen LogP contribution is -2.40. The van der Waals surface area contributed by atoms with Crippen molar-refractivity contribution in [3.8, 4) is 0 Å². The molecular formula is C13H18ClN3O. The van der Waals surface area contributed by atoms with E-state index in [4.69, 9.17) is 11.6 Å². The molecule has 4 nitrogen and oxygen atoms in total. The molecule has 0 saturated carbocycles. The molecule has 1 aliphatic rings. The number of rotatable bonds is 2. The fraction of sp³-hybridized carbons (Fsp3) is 0.538. The number of hydrogen-bond acceptors (Lipinski definition) is 3. The van der Waals surface area contributed by atoms with E-state index >= 15 is 0 Å². The van der Waals surface area contributed by atoms with E-state index in [-0.39, 0.29) is 11.9 Å². The second kappa shape index (κ2) is 6.16. The Balaban J connectivity index is 2.01. The standard InChI is InChI=1S/C13H18ClN3O/c1-9-7-12(14)16-8-11(9)17-13(18)10-5-3-2-4-6-15-10/h7-8,10,15H,2-6H2,1H3,(H,17,18). The lowest BCUT2D eigenvalue weighted by molar-refractivity contribution is -0.118. The first-order valence-electron chi connectivity index (χ1n) is 6.33. The lowest BCUT2D eigenvalue weighted by Gasteiger charge is -2.16. The summed E-state index contributed by atoms with van der Waals surface area (Å²) in [5, 5.41) is 6.63. The van der Waals surface area contributed by atoms with Gasteiger partial charge in [-0.2, -0.15) is 0 Å². The number of halogens is 1. The number of nitrogens with one attached hydrogen (secondary N) is 2. The molecule has 1 aliphatic heterocycles. The topological polar surface area (TPSA) is 54.0 Å². The first-order chi connectivity index (χ1) is 8.66. The average molecular weight is 268 g/mol. The van der Waals surface area contributed by atoms with Gasteiger partial charge in [0.2, 0.25) is 5.91 Å². The Morgan fingerprint density at radius 2 is 2.33 bits per heavy atom. The Labute approximate surface area is 112 Å². The maximum atomic E-state index is 12.1. The van der Waals surface area contributed by atoms with Gasteiger partial charge in [-0.3, -0.25) is 4.79 Å². The van der Waals surface area contributed by atoms with Gasteiger partial charge in [-0.15, -0.1) is 0 Å². The van der Waals surface area contributed by atoms with Crippen LogP contribution in [0.25, 0.3) is 0 Å². The summed E-state index contributed by atoms with van der Waals surface area (Å²) in [5.74, 6) is 0.0177. The molecule has 5 heteroatoms. The third-order valence-corrected chi connectivity index (χ3v) is 3.42. The van der Waals surface area contributed by atoms with E-state index in [2.05, 4.69) is 15.6 Å². The van der Waals surface area contributed by atoms with Crippen LogP contribution in [0.3, 0.4) is 0 Å². The maximum absolute atomic E-state index is 12.1. The molecule has 0 aliphatic carbocycles. The Kier molecular flexibility index (Phi) is 4.55. The molecule has 0 bridgehead atoms. The van der Waals surface area contributed by atoms with Gasteiger partial charge in [0, 0.05) is 0 Å². The molecule has 0 radical (unpaired) electrons. The van der Waals surface area contributed by atoms with E-state index in [0.29, 0.717) is 5.15 Å². The van der Waals surface area contributed by atoms with Crippen LogP contribution in [-0.2, 0) is 4.79 Å². The number of aromatic nitrogens is 1. The molecule has 1 unspecified atom stereocenters. The van der Waals surface area contributed by atoms with Crippen molar-refractivity contribution in [1.29, 1.82) is 0 Å². The van der Waals surface area contributed by atoms with Crippen molar-refractivity contribution in [2.75, 3.05) is 11.9 Å². The Morgan fingerprint density at radius 3 is 3.11 bits per heavy atom. The highest BCUT2D eigenvalue weighted by molar-refractivity contribution is 6.29. The number of carbonyl (C=O) groups excluding carboxylic acids is 1. The molecule has 0 aromatic carbocycles. The van der Waals surface area contributed by atoms with Gasteiger partial charge >= 0.3 is 0 Å². The molecule has 1 saturated heterocycles. The van der Waals surface area contributed by atoms with Gasteiger partial charge < -0.3 is 10.6 Å². The molecule has 0 spiro atoms. The van der Waals surface area contributed by atoms with Crippen LogP contribution in [0, 0.1) is 6.92 Å². The zero-order valence-electron chi connectivity index (χ0n) is 10.5. The fourth-order valence-corrected chi connectivity index (χ4v) is 2.34. The van der Waals surface area contributed by atoms with Gasteiger partial charge in [0.05, 0.1) is 17.9 Å². The second-order valence-corrected chi connectivity index (χ2v) is 5.05. The largest absolute Gasteiger partial charge is 0.323 e. The molecule has 1 aromatic heterocycles. The predicted molar refractivity (Wildman–Crippen MR) is 72.9 cm³/mol. The van der Waals surface area contributed by atoms with E-state index in [1.807, 2.05) is 6.92 Å². The van der Waals surface area contributed by atoms with E-state index in [1.54, 1.807) is 12.3 Å². The summed E-state index contributed by atoms with van der Waals surface area (Å²) in [7, 11) is 0. The fourth-order valence-electron chi connectivity index (χ4n) is 2.12. The van der Waals surface area contributed by atoms with Crippen LogP contribution in [0.1, 0.15) is 31.2 Å². The molecule has 2 heterocycles. The SMILES string of the molecule is Cc1cc(Cl)ncc1NC(=O)C1CCCCCN1. The van der Waals surface area contributed by atoms with Gasteiger partial charge in [-0.1, -0.05) is 24.4 Å². The van der Waals surface area contributed by atoms with E-state index in [9.17, 15) is 4.79 Å². The van der Waals surface area contributed by atoms with Crippen molar-refractivity contribution in [3.05, 3.63) is 23.0 Å². The van der Waals surface area contributed by atoms with E-state index in [0.717, 1.165) is 37.1 Å². The normalized spacial score (nSPS) is 20.2. The number of amides is 1. The Bertz CT molecular complexity index is 428. The number of carbonyl (C=O) groups is 1. The van der Waals surface area contributed by atoms with Gasteiger partial charge in [0.1, 0.15) is 5.15 Å². The molecule has 98 valence electrons. The summed E-state index contributed by atoms with van der Waals surface area (Å²) in [6, 6.07) is 1.65. The molecule has 18 heavy (non-hydrogen) atoms. The summed E-state index contributed by atoms with van der Waals surface area (Å²) >= 11 is 5.79. The van der Waals surface area contributed by atoms with Crippen LogP contribution in [0.15, 0.2) is 12.3 Å². The van der Waals surface area contributed by atoms with Crippen LogP contribution >= 0.6 is 11.6 Å². The zero-order chi connectivity index (χ0) is 13.0. The van der Waals surface area contributed by atoms with Crippen molar-refractivity contribution in [1.82, 2.24) is 10.3 Å². The van der Waals surface area contributed by atoms with Crippen molar-refractivity contribution in [3.63, 3.8) is 0 Å². The quantitative estimate of drug-likeness (QED) is 0.810. The van der Waals surface area contributed by atoms with E-state index in [1.165, 1.54) is 6.42 Å². The lowest BCUT2D eigenvalue weighted by atomic mass is 10.1. The molecule has 1 fully saturated rings. The monoisotopic (exact) mass is 267 g/mol. The summed E-state index contributed by atoms with van der Waals surface area (Å²) in [5.41, 5.74) is 1.66. The van der Waals surface area contributed by atoms with E-state index < -0.39 is 0 Å². The smallest absolute Gasteiger partial charge is 0.241 e. The number of nitrogens with zero attached hydrogens (tertiary/aromatic N) is 1. The van der Waals surface area contributed by atoms with Gasteiger partial charge in [0.25, 0.3) is 0 Å². The first kappa shape index (κ1) is 13.3. The van der Waals surface area contributed by atoms with Gasteiger partial charge in [-0.05, 0) is 37.9 Å². The predicted octanol–water partition coefficient (Wildman–Crippen LogP) is 2.51. The third-order valence-electron chi connectivity index (χ3n) is 3.21. The highest BCUT2D eigenvalue weighted by atomic mass is 35.5. The molecule has 1 amide bonds. The Hall–Kier alpha value is -1.13. The van der Waals surface area contributed by atoms with Crippen molar-refractivity contribution < 1.29 is 4.79 Å². The second-order valence-electron chi connectivity index (χ2n) is 4.67. The van der Waals surface area contributed by atoms with Gasteiger partial charge in [0.15, 0.2) is 0 Å². The minimum Gasteiger partial charge on any atom is -0.323 e. The highest BCUT2D eigenvalue weighted by Gasteiger charge is 2.19. The van der Waals surface area contributed by atoms with Crippen molar-refractivity contribution in [2.45, 2.75) is 38.6 Å². The van der Waals surface area contributed by atoms with Crippen LogP contribution < -0.4 is 10.6 Å². The summed E-state index contributed by atoms with van der Waals surface area (Å²) < 4.78 is 0. The molecule has 1 atom stereocenters. The van der Waals surface area contributed by atoms with Crippen molar-refractivity contribution in [2.24, 2.45) is 0 Å². The van der Waals surface area contributed by atoms with Crippen LogP contribution in [0.2, 0.25) is 5.15 Å². The molecular weight excluding hydrogens is 250 g/mol. The summed E-state index contributed by atoms with van der Waals surface area (Å²) in [6.07, 6.45) is 5.94. The van der Waals surface area contributed by atoms with Crippen LogP contribution in [0.5, 0.6) is 0 Å². The third kappa shape index (κ3) is 3.43. The molecule has 2 N–H and O–H groups in total. The molecule has 2 rings (SSSR count). The number of hydrogen-bond donors (Lipinski definition) is 2. The first-order valence-corrected chi connectivity index (χ1v) is 6.71. The summed E-state index contributed by atoms with van der Waals surface area (Å²) in [6.45, 7) is 2.82.